The first-order valence-corrected chi connectivity index (χ1v) is 10.2. The highest BCUT2D eigenvalue weighted by Crippen LogP contribution is 2.28. The number of ether oxygens (including phenoxy) is 2. The second kappa shape index (κ2) is 9.70. The fourth-order valence-electron chi connectivity index (χ4n) is 3.03. The van der Waals surface area contributed by atoms with E-state index in [9.17, 15) is 4.79 Å². The number of aryl methyl sites for hydroxylation is 1. The Hall–Kier alpha value is -4.26. The number of nitrogens with zero attached hydrogens (tertiary/aromatic N) is 3. The van der Waals surface area contributed by atoms with Crippen molar-refractivity contribution in [2.75, 3.05) is 6.61 Å². The van der Waals surface area contributed by atoms with E-state index in [0.29, 0.717) is 29.4 Å². The van der Waals surface area contributed by atoms with E-state index in [1.807, 2.05) is 62.4 Å². The fraction of sp³-hybridized carbons (Fsp3) is 0.120. The molecular formula is C25H22N4O3. The minimum atomic E-state index is -0.336. The molecule has 0 saturated carbocycles. The number of hydrogen-bond acceptors (Lipinski definition) is 6. The molecule has 0 saturated heterocycles. The van der Waals surface area contributed by atoms with Gasteiger partial charge in [0.1, 0.15) is 11.5 Å². The van der Waals surface area contributed by atoms with Crippen LogP contribution in [0, 0.1) is 6.92 Å². The van der Waals surface area contributed by atoms with Gasteiger partial charge < -0.3 is 9.47 Å². The minimum Gasteiger partial charge on any atom is -0.494 e. The molecule has 4 aromatic rings. The monoisotopic (exact) mass is 426 g/mol. The summed E-state index contributed by atoms with van der Waals surface area (Å²) in [7, 11) is 0. The van der Waals surface area contributed by atoms with Gasteiger partial charge in [-0.1, -0.05) is 17.7 Å². The van der Waals surface area contributed by atoms with Crippen LogP contribution in [0.25, 0.3) is 10.9 Å². The van der Waals surface area contributed by atoms with Crippen LogP contribution in [-0.4, -0.2) is 28.7 Å². The second-order valence-electron chi connectivity index (χ2n) is 7.02. The van der Waals surface area contributed by atoms with Gasteiger partial charge in [0.2, 0.25) is 5.88 Å². The average Bonchev–Trinajstić information content (AvgIpc) is 2.81. The topological polar surface area (TPSA) is 85.7 Å². The lowest BCUT2D eigenvalue weighted by molar-refractivity contribution is 0.0955. The summed E-state index contributed by atoms with van der Waals surface area (Å²) in [6, 6.07) is 18.5. The van der Waals surface area contributed by atoms with Crippen molar-refractivity contribution in [3.63, 3.8) is 0 Å². The van der Waals surface area contributed by atoms with Gasteiger partial charge in [0.05, 0.1) is 23.9 Å². The normalized spacial score (nSPS) is 10.9. The highest BCUT2D eigenvalue weighted by atomic mass is 16.5. The predicted octanol–water partition coefficient (Wildman–Crippen LogP) is 4.89. The Balaban J connectivity index is 1.66. The quantitative estimate of drug-likeness (QED) is 0.336. The van der Waals surface area contributed by atoms with Crippen molar-refractivity contribution in [3.8, 4) is 17.4 Å². The Morgan fingerprint density at radius 1 is 1.03 bits per heavy atom. The lowest BCUT2D eigenvalue weighted by atomic mass is 10.1. The van der Waals surface area contributed by atoms with Crippen LogP contribution in [0.1, 0.15) is 28.4 Å². The zero-order chi connectivity index (χ0) is 22.3. The summed E-state index contributed by atoms with van der Waals surface area (Å²) in [5, 5.41) is 4.97. The number of pyridine rings is 2. The number of nitrogens with one attached hydrogen (secondary N) is 1. The van der Waals surface area contributed by atoms with Gasteiger partial charge in [-0.2, -0.15) is 5.10 Å². The molecule has 0 bridgehead atoms. The zero-order valence-corrected chi connectivity index (χ0v) is 17.8. The van der Waals surface area contributed by atoms with Crippen molar-refractivity contribution in [2.45, 2.75) is 13.8 Å². The summed E-state index contributed by atoms with van der Waals surface area (Å²) < 4.78 is 11.6. The minimum absolute atomic E-state index is 0.336. The molecule has 1 amide bonds. The Morgan fingerprint density at radius 3 is 2.53 bits per heavy atom. The third kappa shape index (κ3) is 5.07. The maximum atomic E-state index is 12.3. The van der Waals surface area contributed by atoms with Gasteiger partial charge in [0.15, 0.2) is 0 Å². The van der Waals surface area contributed by atoms with E-state index in [1.54, 1.807) is 24.5 Å². The molecule has 0 aliphatic carbocycles. The van der Waals surface area contributed by atoms with E-state index in [4.69, 9.17) is 9.47 Å². The molecule has 1 N–H and O–H groups in total. The van der Waals surface area contributed by atoms with Crippen LogP contribution in [0.5, 0.6) is 17.4 Å². The molecule has 2 aromatic carbocycles. The first-order chi connectivity index (χ1) is 15.6. The summed E-state index contributed by atoms with van der Waals surface area (Å²) in [6.45, 7) is 4.52. The standard InChI is InChI=1S/C25H22N4O3/c1-3-31-22-8-9-23-19(15-22)14-20(16-27-29-24(30)18-10-12-26-13-11-18)25(28-23)32-21-6-4-17(2)5-7-21/h4-16H,3H2,1-2H3,(H,29,30)/b27-16+. The highest BCUT2D eigenvalue weighted by molar-refractivity contribution is 5.95. The van der Waals surface area contributed by atoms with Gasteiger partial charge in [-0.05, 0) is 62.4 Å². The lowest BCUT2D eigenvalue weighted by Gasteiger charge is -2.11. The molecule has 0 radical (unpaired) electrons. The van der Waals surface area contributed by atoms with Gasteiger partial charge >= 0.3 is 0 Å². The summed E-state index contributed by atoms with van der Waals surface area (Å²) >= 11 is 0. The van der Waals surface area contributed by atoms with Gasteiger partial charge in [0, 0.05) is 23.3 Å². The second-order valence-corrected chi connectivity index (χ2v) is 7.02. The van der Waals surface area contributed by atoms with Crippen LogP contribution in [0.15, 0.2) is 78.2 Å². The molecule has 32 heavy (non-hydrogen) atoms. The number of amides is 1. The number of carbonyl (C=O) groups is 1. The molecule has 0 unspecified atom stereocenters. The van der Waals surface area contributed by atoms with Crippen molar-refractivity contribution >= 4 is 23.0 Å². The maximum absolute atomic E-state index is 12.3. The largest absolute Gasteiger partial charge is 0.494 e. The van der Waals surface area contributed by atoms with E-state index in [1.165, 1.54) is 6.21 Å². The number of benzene rings is 2. The molecule has 0 fully saturated rings. The maximum Gasteiger partial charge on any atom is 0.271 e. The number of hydrazone groups is 1. The molecule has 0 spiro atoms. The van der Waals surface area contributed by atoms with E-state index in [2.05, 4.69) is 20.5 Å². The van der Waals surface area contributed by atoms with Crippen LogP contribution in [0.2, 0.25) is 0 Å². The Kier molecular flexibility index (Phi) is 6.36. The summed E-state index contributed by atoms with van der Waals surface area (Å²) in [4.78, 5) is 20.8. The Morgan fingerprint density at radius 2 is 1.78 bits per heavy atom. The molecule has 4 rings (SSSR count). The smallest absolute Gasteiger partial charge is 0.271 e. The molecule has 0 atom stereocenters. The first-order valence-electron chi connectivity index (χ1n) is 10.2. The first kappa shape index (κ1) is 21.0. The summed E-state index contributed by atoms with van der Waals surface area (Å²) in [6.07, 6.45) is 4.62. The predicted molar refractivity (Wildman–Crippen MR) is 123 cm³/mol. The van der Waals surface area contributed by atoms with Crippen LogP contribution in [-0.2, 0) is 0 Å². The van der Waals surface area contributed by atoms with Gasteiger partial charge in [-0.3, -0.25) is 9.78 Å². The molecular weight excluding hydrogens is 404 g/mol. The van der Waals surface area contributed by atoms with Crippen molar-refractivity contribution < 1.29 is 14.3 Å². The van der Waals surface area contributed by atoms with E-state index in [0.717, 1.165) is 22.2 Å². The van der Waals surface area contributed by atoms with Gasteiger partial charge in [-0.15, -0.1) is 0 Å². The lowest BCUT2D eigenvalue weighted by Crippen LogP contribution is -2.17. The molecule has 2 heterocycles. The average molecular weight is 426 g/mol. The zero-order valence-electron chi connectivity index (χ0n) is 17.8. The molecule has 0 aliphatic rings. The van der Waals surface area contributed by atoms with Crippen molar-refractivity contribution in [1.82, 2.24) is 15.4 Å². The number of aromatic nitrogens is 2. The van der Waals surface area contributed by atoms with Crippen LogP contribution < -0.4 is 14.9 Å². The Labute approximate surface area is 185 Å². The molecule has 2 aromatic heterocycles. The van der Waals surface area contributed by atoms with Crippen LogP contribution >= 0.6 is 0 Å². The number of hydrogen-bond donors (Lipinski definition) is 1. The van der Waals surface area contributed by atoms with Crippen LogP contribution in [0.4, 0.5) is 0 Å². The molecule has 160 valence electrons. The van der Waals surface area contributed by atoms with Gasteiger partial charge in [-0.25, -0.2) is 10.4 Å². The molecule has 7 nitrogen and oxygen atoms in total. The van der Waals surface area contributed by atoms with Crippen molar-refractivity contribution in [3.05, 3.63) is 89.7 Å². The van der Waals surface area contributed by atoms with Gasteiger partial charge in [0.25, 0.3) is 5.91 Å². The van der Waals surface area contributed by atoms with Crippen molar-refractivity contribution in [1.29, 1.82) is 0 Å². The summed E-state index contributed by atoms with van der Waals surface area (Å²) in [5.74, 6) is 1.45. The number of fused-ring (bicyclic) bond motifs is 1. The third-order valence-corrected chi connectivity index (χ3v) is 4.64. The third-order valence-electron chi connectivity index (χ3n) is 4.64. The van der Waals surface area contributed by atoms with E-state index < -0.39 is 0 Å². The Bertz CT molecular complexity index is 1260. The number of carbonyl (C=O) groups excluding carboxylic acids is 1. The van der Waals surface area contributed by atoms with Crippen molar-refractivity contribution in [2.24, 2.45) is 5.10 Å². The van der Waals surface area contributed by atoms with Crippen LogP contribution in [0.3, 0.4) is 0 Å². The highest BCUT2D eigenvalue weighted by Gasteiger charge is 2.10. The van der Waals surface area contributed by atoms with E-state index in [-0.39, 0.29) is 5.91 Å². The molecule has 0 aliphatic heterocycles. The summed E-state index contributed by atoms with van der Waals surface area (Å²) in [5.41, 5.74) is 5.49. The molecule has 7 heteroatoms. The SMILES string of the molecule is CCOc1ccc2nc(Oc3ccc(C)cc3)c(/C=N/NC(=O)c3ccncc3)cc2c1. The number of rotatable bonds is 7. The van der Waals surface area contributed by atoms with E-state index >= 15 is 0 Å². The fourth-order valence-corrected chi connectivity index (χ4v) is 3.03.